The van der Waals surface area contributed by atoms with Crippen molar-refractivity contribution in [3.05, 3.63) is 57.3 Å². The van der Waals surface area contributed by atoms with Crippen molar-refractivity contribution in [2.75, 3.05) is 0 Å². The molecule has 1 atom stereocenters. The van der Waals surface area contributed by atoms with Crippen LogP contribution in [0.15, 0.2) is 36.4 Å². The number of hydrogen-bond acceptors (Lipinski definition) is 4. The molecule has 0 saturated heterocycles. The van der Waals surface area contributed by atoms with Gasteiger partial charge >= 0.3 is 5.97 Å². The maximum atomic E-state index is 12.7. The van der Waals surface area contributed by atoms with Gasteiger partial charge in [-0.1, -0.05) is 30.3 Å². The molecule has 1 aromatic heterocycles. The maximum absolute atomic E-state index is 12.7. The Morgan fingerprint density at radius 3 is 2.60 bits per heavy atom. The van der Waals surface area contributed by atoms with Crippen LogP contribution in [0, 0.1) is 0 Å². The molecule has 4 rings (SSSR count). The van der Waals surface area contributed by atoms with Crippen molar-refractivity contribution in [2.45, 2.75) is 50.7 Å². The van der Waals surface area contributed by atoms with Gasteiger partial charge in [-0.3, -0.25) is 4.79 Å². The van der Waals surface area contributed by atoms with E-state index in [-0.39, 0.29) is 11.9 Å². The van der Waals surface area contributed by atoms with Gasteiger partial charge in [-0.15, -0.1) is 11.3 Å². The zero-order chi connectivity index (χ0) is 17.2. The fourth-order valence-electron chi connectivity index (χ4n) is 3.16. The van der Waals surface area contributed by atoms with E-state index in [4.69, 9.17) is 4.74 Å². The summed E-state index contributed by atoms with van der Waals surface area (Å²) in [6.45, 7) is 0. The van der Waals surface area contributed by atoms with Crippen LogP contribution in [0.5, 0.6) is 0 Å². The summed E-state index contributed by atoms with van der Waals surface area (Å²) in [7, 11) is 0. The highest BCUT2D eigenvalue weighted by atomic mass is 32.1. The molecule has 2 aliphatic carbocycles. The van der Waals surface area contributed by atoms with Gasteiger partial charge in [0.25, 0.3) is 5.91 Å². The summed E-state index contributed by atoms with van der Waals surface area (Å²) in [6, 6.07) is 11.4. The summed E-state index contributed by atoms with van der Waals surface area (Å²) in [5, 5.41) is 2.95. The number of carbonyl (C=O) groups is 2. The number of hydrogen-bond donors (Lipinski definition) is 1. The van der Waals surface area contributed by atoms with E-state index < -0.39 is 12.1 Å². The second-order valence-electron chi connectivity index (χ2n) is 6.75. The number of fused-ring (bicyclic) bond motifs is 1. The van der Waals surface area contributed by atoms with E-state index in [9.17, 15) is 9.59 Å². The zero-order valence-electron chi connectivity index (χ0n) is 14.0. The first-order chi connectivity index (χ1) is 12.2. The summed E-state index contributed by atoms with van der Waals surface area (Å²) >= 11 is 1.51. The van der Waals surface area contributed by atoms with Gasteiger partial charge in [0.2, 0.25) is 6.10 Å². The Labute approximate surface area is 151 Å². The average Bonchev–Trinajstić information content (AvgIpc) is 3.34. The summed E-state index contributed by atoms with van der Waals surface area (Å²) in [5.41, 5.74) is 1.97. The topological polar surface area (TPSA) is 55.4 Å². The van der Waals surface area contributed by atoms with Gasteiger partial charge in [-0.25, -0.2) is 4.79 Å². The molecular weight excluding hydrogens is 334 g/mol. The van der Waals surface area contributed by atoms with Gasteiger partial charge in [0.05, 0.1) is 0 Å². The monoisotopic (exact) mass is 355 g/mol. The molecule has 4 nitrogen and oxygen atoms in total. The van der Waals surface area contributed by atoms with Crippen molar-refractivity contribution < 1.29 is 14.3 Å². The van der Waals surface area contributed by atoms with Gasteiger partial charge in [0.1, 0.15) is 4.88 Å². The van der Waals surface area contributed by atoms with Gasteiger partial charge in [0.15, 0.2) is 0 Å². The summed E-state index contributed by atoms with van der Waals surface area (Å²) in [4.78, 5) is 27.1. The second kappa shape index (κ2) is 7.00. The lowest BCUT2D eigenvalue weighted by atomic mass is 9.99. The van der Waals surface area contributed by atoms with Crippen molar-refractivity contribution in [2.24, 2.45) is 0 Å². The minimum atomic E-state index is -0.895. The molecule has 2 aromatic rings. The van der Waals surface area contributed by atoms with Crippen molar-refractivity contribution in [3.8, 4) is 0 Å². The quantitative estimate of drug-likeness (QED) is 0.830. The molecule has 0 radical (unpaired) electrons. The zero-order valence-corrected chi connectivity index (χ0v) is 14.8. The normalized spacial score (nSPS) is 17.4. The minimum absolute atomic E-state index is 0.228. The van der Waals surface area contributed by atoms with Crippen LogP contribution in [0.2, 0.25) is 0 Å². The molecule has 1 saturated carbocycles. The third-order valence-corrected chi connectivity index (χ3v) is 5.90. The number of nitrogens with one attached hydrogen (secondary N) is 1. The van der Waals surface area contributed by atoms with Gasteiger partial charge in [0, 0.05) is 16.5 Å². The smallest absolute Gasteiger partial charge is 0.349 e. The summed E-state index contributed by atoms with van der Waals surface area (Å²) in [5.74, 6) is -0.637. The number of aryl methyl sites for hydroxylation is 2. The van der Waals surface area contributed by atoms with Crippen molar-refractivity contribution in [1.82, 2.24) is 5.32 Å². The third kappa shape index (κ3) is 3.76. The molecule has 0 aliphatic heterocycles. The predicted molar refractivity (Wildman–Crippen MR) is 96.7 cm³/mol. The fraction of sp³-hybridized carbons (Fsp3) is 0.400. The largest absolute Gasteiger partial charge is 0.443 e. The summed E-state index contributed by atoms with van der Waals surface area (Å²) in [6.07, 6.45) is 5.53. The fourth-order valence-corrected chi connectivity index (χ4v) is 4.30. The van der Waals surface area contributed by atoms with Crippen LogP contribution in [0.1, 0.15) is 57.5 Å². The Kier molecular flexibility index (Phi) is 4.57. The number of ether oxygens (including phenoxy) is 1. The molecule has 1 aromatic carbocycles. The Balaban J connectivity index is 1.53. The molecule has 0 bridgehead atoms. The molecule has 5 heteroatoms. The van der Waals surface area contributed by atoms with Gasteiger partial charge in [-0.05, 0) is 50.2 Å². The molecule has 130 valence electrons. The van der Waals surface area contributed by atoms with E-state index in [1.165, 1.54) is 34.6 Å². The highest BCUT2D eigenvalue weighted by Crippen LogP contribution is 2.31. The average molecular weight is 355 g/mol. The van der Waals surface area contributed by atoms with E-state index in [2.05, 4.69) is 5.32 Å². The van der Waals surface area contributed by atoms with E-state index in [1.807, 2.05) is 36.4 Å². The summed E-state index contributed by atoms with van der Waals surface area (Å²) < 4.78 is 5.65. The van der Waals surface area contributed by atoms with E-state index in [1.54, 1.807) is 0 Å². The molecule has 0 spiro atoms. The Morgan fingerprint density at radius 2 is 1.88 bits per heavy atom. The number of thiophene rings is 1. The van der Waals surface area contributed by atoms with E-state index in [0.29, 0.717) is 10.4 Å². The number of rotatable bonds is 5. The van der Waals surface area contributed by atoms with Gasteiger partial charge < -0.3 is 10.1 Å². The van der Waals surface area contributed by atoms with Crippen molar-refractivity contribution in [1.29, 1.82) is 0 Å². The Bertz CT molecular complexity index is 756. The van der Waals surface area contributed by atoms with E-state index in [0.717, 1.165) is 25.7 Å². The lowest BCUT2D eigenvalue weighted by Gasteiger charge is -2.17. The van der Waals surface area contributed by atoms with Crippen LogP contribution < -0.4 is 5.32 Å². The minimum Gasteiger partial charge on any atom is -0.443 e. The highest BCUT2D eigenvalue weighted by Gasteiger charge is 2.31. The highest BCUT2D eigenvalue weighted by molar-refractivity contribution is 7.14. The second-order valence-corrected chi connectivity index (χ2v) is 7.88. The van der Waals surface area contributed by atoms with Crippen LogP contribution >= 0.6 is 11.3 Å². The molecule has 0 unspecified atom stereocenters. The molecule has 1 heterocycles. The van der Waals surface area contributed by atoms with Crippen LogP contribution in [-0.4, -0.2) is 17.9 Å². The van der Waals surface area contributed by atoms with Crippen LogP contribution in [0.25, 0.3) is 0 Å². The molecule has 25 heavy (non-hydrogen) atoms. The lowest BCUT2D eigenvalue weighted by Crippen LogP contribution is -2.33. The predicted octanol–water partition coefficient (Wildman–Crippen LogP) is 3.80. The van der Waals surface area contributed by atoms with Crippen LogP contribution in [0.4, 0.5) is 0 Å². The van der Waals surface area contributed by atoms with E-state index >= 15 is 0 Å². The Hall–Kier alpha value is -2.14. The molecule has 2 aliphatic rings. The first-order valence-electron chi connectivity index (χ1n) is 8.88. The Morgan fingerprint density at radius 1 is 1.12 bits per heavy atom. The SMILES string of the molecule is O=C(O[C@@H](C(=O)NC1CC1)c1ccccc1)c1cc2c(s1)CCCC2. The van der Waals surface area contributed by atoms with Crippen molar-refractivity contribution >= 4 is 23.2 Å². The van der Waals surface area contributed by atoms with Crippen LogP contribution in [0.3, 0.4) is 0 Å². The standard InChI is InChI=1S/C20H21NO3S/c22-19(21-15-10-11-15)18(13-6-2-1-3-7-13)24-20(23)17-12-14-8-4-5-9-16(14)25-17/h1-3,6-7,12,15,18H,4-5,8-11H2,(H,21,22)/t18-/m1/s1. The molecule has 1 amide bonds. The third-order valence-electron chi connectivity index (χ3n) is 4.69. The molecule has 1 fully saturated rings. The number of benzene rings is 1. The molecule has 1 N–H and O–H groups in total. The van der Waals surface area contributed by atoms with Gasteiger partial charge in [-0.2, -0.15) is 0 Å². The number of carbonyl (C=O) groups excluding carboxylic acids is 2. The lowest BCUT2D eigenvalue weighted by molar-refractivity contribution is -0.130. The van der Waals surface area contributed by atoms with Crippen LogP contribution in [-0.2, 0) is 22.4 Å². The number of amides is 1. The number of esters is 1. The first kappa shape index (κ1) is 16.3. The maximum Gasteiger partial charge on any atom is 0.349 e. The molecular formula is C20H21NO3S. The van der Waals surface area contributed by atoms with Crippen molar-refractivity contribution in [3.63, 3.8) is 0 Å². The first-order valence-corrected chi connectivity index (χ1v) is 9.70.